The van der Waals surface area contributed by atoms with Gasteiger partial charge in [0.05, 0.1) is 21.7 Å². The van der Waals surface area contributed by atoms with Gasteiger partial charge in [0.2, 0.25) is 10.0 Å². The van der Waals surface area contributed by atoms with Gasteiger partial charge in [-0.15, -0.1) is 6.42 Å². The highest BCUT2D eigenvalue weighted by Gasteiger charge is 2.30. The van der Waals surface area contributed by atoms with Crippen LogP contribution in [0.3, 0.4) is 0 Å². The van der Waals surface area contributed by atoms with Crippen molar-refractivity contribution in [3.8, 4) is 12.3 Å². The molecule has 9 heteroatoms. The highest BCUT2D eigenvalue weighted by molar-refractivity contribution is 7.89. The van der Waals surface area contributed by atoms with Crippen LogP contribution in [0.4, 0.5) is 0 Å². The maximum absolute atomic E-state index is 13.0. The van der Waals surface area contributed by atoms with E-state index in [1.165, 1.54) is 35.6 Å². The minimum absolute atomic E-state index is 0.0309. The topological polar surface area (TPSA) is 71.7 Å². The van der Waals surface area contributed by atoms with Crippen LogP contribution >= 0.6 is 22.9 Å². The number of thiazole rings is 1. The molecule has 1 aromatic heterocycles. The third-order valence-electron chi connectivity index (χ3n) is 5.93. The van der Waals surface area contributed by atoms with Crippen LogP contribution in [0.2, 0.25) is 5.02 Å². The molecule has 0 spiro atoms. The van der Waals surface area contributed by atoms with Crippen molar-refractivity contribution in [2.75, 3.05) is 6.54 Å². The van der Waals surface area contributed by atoms with Crippen molar-refractivity contribution in [3.63, 3.8) is 0 Å². The van der Waals surface area contributed by atoms with Gasteiger partial charge in [-0.3, -0.25) is 4.79 Å². The Hall–Kier alpha value is -2.44. The summed E-state index contributed by atoms with van der Waals surface area (Å²) in [6, 6.07) is 9.63. The van der Waals surface area contributed by atoms with E-state index in [-0.39, 0.29) is 17.5 Å². The van der Waals surface area contributed by atoms with Crippen molar-refractivity contribution in [2.45, 2.75) is 50.6 Å². The quantitative estimate of drug-likeness (QED) is 0.490. The molecular weight excluding hydrogens is 478 g/mol. The fourth-order valence-corrected chi connectivity index (χ4v) is 7.06. The third-order valence-corrected chi connectivity index (χ3v) is 9.41. The number of amides is 1. The monoisotopic (exact) mass is 501 g/mol. The Kier molecular flexibility index (Phi) is 6.78. The number of aryl methyl sites for hydroxylation is 1. The number of carbonyl (C=O) groups is 1. The predicted octanol–water partition coefficient (Wildman–Crippen LogP) is 4.60. The molecule has 1 fully saturated rings. The van der Waals surface area contributed by atoms with Crippen LogP contribution in [0.1, 0.15) is 42.1 Å². The molecule has 0 aliphatic carbocycles. The second kappa shape index (κ2) is 9.43. The summed E-state index contributed by atoms with van der Waals surface area (Å²) in [5.41, 5.74) is 2.03. The maximum atomic E-state index is 13.0. The van der Waals surface area contributed by atoms with E-state index in [1.807, 2.05) is 26.0 Å². The Labute approximate surface area is 202 Å². The van der Waals surface area contributed by atoms with Crippen molar-refractivity contribution in [3.05, 3.63) is 57.3 Å². The highest BCUT2D eigenvalue weighted by atomic mass is 35.5. The fraction of sp³-hybridized carbons (Fsp3) is 0.333. The molecule has 1 aliphatic rings. The van der Waals surface area contributed by atoms with Crippen molar-refractivity contribution in [1.29, 1.82) is 0 Å². The lowest BCUT2D eigenvalue weighted by Crippen LogP contribution is -2.41. The summed E-state index contributed by atoms with van der Waals surface area (Å²) in [7, 11) is -3.60. The Balaban J connectivity index is 1.69. The number of carbonyl (C=O) groups excluding carboxylic acids is 1. The van der Waals surface area contributed by atoms with E-state index >= 15 is 0 Å². The van der Waals surface area contributed by atoms with E-state index in [0.29, 0.717) is 21.9 Å². The van der Waals surface area contributed by atoms with Crippen molar-refractivity contribution < 1.29 is 13.2 Å². The number of aromatic nitrogens is 1. The molecule has 6 nitrogen and oxygen atoms in total. The van der Waals surface area contributed by atoms with Crippen LogP contribution in [0.5, 0.6) is 0 Å². The molecule has 0 bridgehead atoms. The van der Waals surface area contributed by atoms with Gasteiger partial charge in [0.15, 0.2) is 4.80 Å². The number of hydrogen-bond acceptors (Lipinski definition) is 4. The second-order valence-electron chi connectivity index (χ2n) is 8.10. The van der Waals surface area contributed by atoms with Crippen LogP contribution in [-0.2, 0) is 16.6 Å². The average Bonchev–Trinajstić information content (AvgIpc) is 3.14. The van der Waals surface area contributed by atoms with E-state index in [4.69, 9.17) is 18.0 Å². The number of benzene rings is 2. The van der Waals surface area contributed by atoms with Gasteiger partial charge in [-0.1, -0.05) is 35.3 Å². The number of halogens is 1. The summed E-state index contributed by atoms with van der Waals surface area (Å²) in [5.74, 6) is 2.14. The zero-order valence-electron chi connectivity index (χ0n) is 18.4. The van der Waals surface area contributed by atoms with Crippen LogP contribution in [0.25, 0.3) is 10.2 Å². The number of rotatable bonds is 4. The zero-order valence-corrected chi connectivity index (χ0v) is 20.8. The van der Waals surface area contributed by atoms with Crippen LogP contribution < -0.4 is 4.80 Å². The van der Waals surface area contributed by atoms with Crippen molar-refractivity contribution >= 4 is 49.1 Å². The molecule has 0 saturated carbocycles. The molecule has 4 rings (SSSR count). The molecule has 3 aromatic rings. The second-order valence-corrected chi connectivity index (χ2v) is 11.4. The molecule has 2 heterocycles. The van der Waals surface area contributed by atoms with Gasteiger partial charge in [-0.05, 0) is 68.7 Å². The molecule has 33 heavy (non-hydrogen) atoms. The first kappa shape index (κ1) is 23.7. The lowest BCUT2D eigenvalue weighted by atomic mass is 10.1. The minimum atomic E-state index is -3.60. The lowest BCUT2D eigenvalue weighted by Gasteiger charge is -2.32. The predicted molar refractivity (Wildman–Crippen MR) is 132 cm³/mol. The van der Waals surface area contributed by atoms with Crippen LogP contribution in [0.15, 0.2) is 46.3 Å². The molecule has 0 radical (unpaired) electrons. The first-order chi connectivity index (χ1) is 15.7. The fourth-order valence-electron chi connectivity index (χ4n) is 4.12. The first-order valence-corrected chi connectivity index (χ1v) is 13.3. The molecule has 172 valence electrons. The molecule has 1 saturated heterocycles. The van der Waals surface area contributed by atoms with E-state index in [0.717, 1.165) is 35.0 Å². The van der Waals surface area contributed by atoms with Crippen LogP contribution in [-0.4, -0.2) is 35.8 Å². The van der Waals surface area contributed by atoms with Gasteiger partial charge in [0, 0.05) is 23.2 Å². The molecular formula is C24H24ClN3O3S2. The Bertz CT molecular complexity index is 1430. The number of hydrogen-bond donors (Lipinski definition) is 0. The van der Waals surface area contributed by atoms with Gasteiger partial charge < -0.3 is 4.57 Å². The smallest absolute Gasteiger partial charge is 0.279 e. The van der Waals surface area contributed by atoms with Gasteiger partial charge >= 0.3 is 0 Å². The van der Waals surface area contributed by atoms with Gasteiger partial charge in [-0.25, -0.2) is 8.42 Å². The summed E-state index contributed by atoms with van der Waals surface area (Å²) >= 11 is 7.63. The average molecular weight is 502 g/mol. The lowest BCUT2D eigenvalue weighted by molar-refractivity contribution is 0.0997. The summed E-state index contributed by atoms with van der Waals surface area (Å²) < 4.78 is 30.3. The molecule has 1 aliphatic heterocycles. The van der Waals surface area contributed by atoms with Crippen LogP contribution in [0, 0.1) is 19.3 Å². The number of nitrogens with zero attached hydrogens (tertiary/aromatic N) is 3. The number of terminal acetylenes is 1. The van der Waals surface area contributed by atoms with Crippen molar-refractivity contribution in [1.82, 2.24) is 8.87 Å². The number of piperidine rings is 1. The SMILES string of the molecule is C#CCn1c(=NC(=O)c2ccc(S(=O)(=O)N3CCCCC3C)cc2)sc2ccc(Cl)c(C)c21. The Morgan fingerprint density at radius 2 is 1.97 bits per heavy atom. The molecule has 2 aromatic carbocycles. The highest BCUT2D eigenvalue weighted by Crippen LogP contribution is 2.28. The normalized spacial score (nSPS) is 17.9. The molecule has 0 N–H and O–H groups in total. The third kappa shape index (κ3) is 4.51. The number of fused-ring (bicyclic) bond motifs is 1. The summed E-state index contributed by atoms with van der Waals surface area (Å²) in [5, 5.41) is 0.615. The Morgan fingerprint density at radius 3 is 2.64 bits per heavy atom. The van der Waals surface area contributed by atoms with E-state index in [2.05, 4.69) is 10.9 Å². The summed E-state index contributed by atoms with van der Waals surface area (Å²) in [6.07, 6.45) is 8.30. The summed E-state index contributed by atoms with van der Waals surface area (Å²) in [4.78, 5) is 17.8. The molecule has 1 atom stereocenters. The Morgan fingerprint density at radius 1 is 1.24 bits per heavy atom. The standard InChI is InChI=1S/C24H24ClN3O3S2/c1-4-14-27-22-17(3)20(25)12-13-21(22)32-24(27)26-23(29)18-8-10-19(11-9-18)33(30,31)28-15-6-5-7-16(28)2/h1,8-13,16H,5-7,14-15H2,2-3H3. The molecule has 1 unspecified atom stereocenters. The maximum Gasteiger partial charge on any atom is 0.279 e. The minimum Gasteiger partial charge on any atom is -0.304 e. The zero-order chi connectivity index (χ0) is 23.8. The van der Waals surface area contributed by atoms with E-state index < -0.39 is 15.9 Å². The number of sulfonamides is 1. The van der Waals surface area contributed by atoms with E-state index in [9.17, 15) is 13.2 Å². The van der Waals surface area contributed by atoms with Gasteiger partial charge in [0.25, 0.3) is 5.91 Å². The van der Waals surface area contributed by atoms with E-state index in [1.54, 1.807) is 8.87 Å². The largest absolute Gasteiger partial charge is 0.304 e. The summed E-state index contributed by atoms with van der Waals surface area (Å²) in [6.45, 7) is 4.60. The molecule has 1 amide bonds. The first-order valence-electron chi connectivity index (χ1n) is 10.7. The van der Waals surface area contributed by atoms with Crippen molar-refractivity contribution in [2.24, 2.45) is 4.99 Å². The van der Waals surface area contributed by atoms with Gasteiger partial charge in [-0.2, -0.15) is 9.30 Å². The van der Waals surface area contributed by atoms with Gasteiger partial charge in [0.1, 0.15) is 0 Å².